The van der Waals surface area contributed by atoms with Crippen molar-refractivity contribution in [3.63, 3.8) is 0 Å². The second-order valence-corrected chi connectivity index (χ2v) is 7.12. The summed E-state index contributed by atoms with van der Waals surface area (Å²) in [6, 6.07) is 3.90. The third-order valence-electron chi connectivity index (χ3n) is 5.09. The highest BCUT2D eigenvalue weighted by atomic mass is 32.1. The molecule has 0 amide bonds. The van der Waals surface area contributed by atoms with Crippen LogP contribution in [0.3, 0.4) is 0 Å². The summed E-state index contributed by atoms with van der Waals surface area (Å²) in [5.41, 5.74) is 1.66. The summed E-state index contributed by atoms with van der Waals surface area (Å²) in [6.07, 6.45) is 6.91. The van der Waals surface area contributed by atoms with Crippen LogP contribution in [0, 0.1) is 5.92 Å². The van der Waals surface area contributed by atoms with Crippen LogP contribution in [0.2, 0.25) is 0 Å². The van der Waals surface area contributed by atoms with E-state index >= 15 is 0 Å². The Labute approximate surface area is 113 Å². The van der Waals surface area contributed by atoms with E-state index in [1.807, 2.05) is 11.3 Å². The fraction of sp³-hybridized carbons (Fsp3) is 0.733. The maximum absolute atomic E-state index is 3.73. The molecular formula is C15H22N2S. The maximum atomic E-state index is 3.73. The van der Waals surface area contributed by atoms with Crippen molar-refractivity contribution in [2.45, 2.75) is 44.2 Å². The minimum atomic E-state index is 0.729. The fourth-order valence-corrected chi connectivity index (χ4v) is 5.16. The number of likely N-dealkylation sites (tertiary alicyclic amines) is 1. The van der Waals surface area contributed by atoms with Crippen LogP contribution in [-0.2, 0) is 6.42 Å². The summed E-state index contributed by atoms with van der Waals surface area (Å²) in [6.45, 7) is 3.85. The molecule has 3 heteroatoms. The Hall–Kier alpha value is -0.380. The Morgan fingerprint density at radius 3 is 3.17 bits per heavy atom. The molecule has 2 nitrogen and oxygen atoms in total. The monoisotopic (exact) mass is 262 g/mol. The molecule has 0 bridgehead atoms. The average molecular weight is 262 g/mol. The lowest BCUT2D eigenvalue weighted by Crippen LogP contribution is -2.40. The first-order chi connectivity index (χ1) is 8.92. The van der Waals surface area contributed by atoms with Crippen LogP contribution >= 0.6 is 11.3 Å². The van der Waals surface area contributed by atoms with Gasteiger partial charge < -0.3 is 5.32 Å². The number of fused-ring (bicyclic) bond motifs is 2. The van der Waals surface area contributed by atoms with Crippen LogP contribution in [0.15, 0.2) is 11.4 Å². The fourth-order valence-electron chi connectivity index (χ4n) is 4.18. The summed E-state index contributed by atoms with van der Waals surface area (Å²) in [4.78, 5) is 4.44. The third-order valence-corrected chi connectivity index (χ3v) is 6.09. The van der Waals surface area contributed by atoms with E-state index in [1.54, 1.807) is 10.4 Å². The molecule has 2 saturated heterocycles. The zero-order chi connectivity index (χ0) is 11.9. The molecule has 3 unspecified atom stereocenters. The van der Waals surface area contributed by atoms with E-state index in [1.165, 1.54) is 51.7 Å². The largest absolute Gasteiger partial charge is 0.312 e. The molecule has 4 rings (SSSR count). The van der Waals surface area contributed by atoms with Gasteiger partial charge in [0.25, 0.3) is 0 Å². The van der Waals surface area contributed by atoms with E-state index in [4.69, 9.17) is 0 Å². The van der Waals surface area contributed by atoms with Crippen LogP contribution in [0.25, 0.3) is 0 Å². The minimum Gasteiger partial charge on any atom is -0.312 e. The van der Waals surface area contributed by atoms with Crippen LogP contribution in [0.5, 0.6) is 0 Å². The van der Waals surface area contributed by atoms with Crippen molar-refractivity contribution in [2.24, 2.45) is 5.92 Å². The molecule has 3 aliphatic rings. The second-order valence-electron chi connectivity index (χ2n) is 6.12. The lowest BCUT2D eigenvalue weighted by atomic mass is 9.92. The van der Waals surface area contributed by atoms with E-state index in [2.05, 4.69) is 21.7 Å². The average Bonchev–Trinajstić information content (AvgIpc) is 3.04. The predicted molar refractivity (Wildman–Crippen MR) is 76.1 cm³/mol. The van der Waals surface area contributed by atoms with Gasteiger partial charge in [-0.25, -0.2) is 0 Å². The highest BCUT2D eigenvalue weighted by Gasteiger charge is 2.38. The molecule has 0 saturated carbocycles. The molecule has 18 heavy (non-hydrogen) atoms. The Morgan fingerprint density at radius 2 is 2.22 bits per heavy atom. The molecule has 0 spiro atoms. The Morgan fingerprint density at radius 1 is 1.22 bits per heavy atom. The number of hydrogen-bond acceptors (Lipinski definition) is 3. The van der Waals surface area contributed by atoms with Crippen molar-refractivity contribution < 1.29 is 0 Å². The first kappa shape index (κ1) is 11.4. The Bertz CT molecular complexity index is 414. The predicted octanol–water partition coefficient (Wildman–Crippen LogP) is 2.81. The summed E-state index contributed by atoms with van der Waals surface area (Å²) >= 11 is 1.97. The van der Waals surface area contributed by atoms with Gasteiger partial charge in [0.05, 0.1) is 0 Å². The van der Waals surface area contributed by atoms with Crippen LogP contribution in [0.4, 0.5) is 0 Å². The van der Waals surface area contributed by atoms with Gasteiger partial charge in [-0.2, -0.15) is 0 Å². The van der Waals surface area contributed by atoms with Crippen LogP contribution < -0.4 is 5.32 Å². The van der Waals surface area contributed by atoms with Gasteiger partial charge in [0, 0.05) is 30.1 Å². The van der Waals surface area contributed by atoms with Crippen LogP contribution in [0.1, 0.15) is 42.2 Å². The molecule has 0 aromatic carbocycles. The van der Waals surface area contributed by atoms with Crippen molar-refractivity contribution in [1.29, 1.82) is 0 Å². The Balaban J connectivity index is 1.55. The summed E-state index contributed by atoms with van der Waals surface area (Å²) in [7, 11) is 0. The van der Waals surface area contributed by atoms with E-state index in [0.29, 0.717) is 0 Å². The van der Waals surface area contributed by atoms with Crippen molar-refractivity contribution in [1.82, 2.24) is 10.2 Å². The summed E-state index contributed by atoms with van der Waals surface area (Å²) in [5, 5.41) is 6.02. The van der Waals surface area contributed by atoms with Crippen molar-refractivity contribution in [2.75, 3.05) is 19.6 Å². The zero-order valence-electron chi connectivity index (χ0n) is 10.9. The molecule has 98 valence electrons. The molecule has 1 aromatic heterocycles. The Kier molecular flexibility index (Phi) is 2.94. The highest BCUT2D eigenvalue weighted by molar-refractivity contribution is 7.10. The quantitative estimate of drug-likeness (QED) is 0.837. The summed E-state index contributed by atoms with van der Waals surface area (Å²) in [5.74, 6) is 0.919. The molecule has 3 heterocycles. The van der Waals surface area contributed by atoms with Gasteiger partial charge in [-0.1, -0.05) is 0 Å². The van der Waals surface area contributed by atoms with Gasteiger partial charge in [-0.15, -0.1) is 11.3 Å². The molecule has 3 atom stereocenters. The van der Waals surface area contributed by atoms with Gasteiger partial charge in [0.1, 0.15) is 0 Å². The zero-order valence-corrected chi connectivity index (χ0v) is 11.7. The first-order valence-electron chi connectivity index (χ1n) is 7.45. The SMILES string of the molecule is c1cc2c(s1)CCCC2N1CC2CCCNC2C1. The van der Waals surface area contributed by atoms with Gasteiger partial charge in [-0.05, 0) is 61.6 Å². The molecule has 2 aliphatic heterocycles. The third kappa shape index (κ3) is 1.84. The van der Waals surface area contributed by atoms with Crippen molar-refractivity contribution in [3.8, 4) is 0 Å². The molecule has 1 aromatic rings. The summed E-state index contributed by atoms with van der Waals surface area (Å²) < 4.78 is 0. The van der Waals surface area contributed by atoms with Gasteiger partial charge in [0.2, 0.25) is 0 Å². The topological polar surface area (TPSA) is 15.3 Å². The number of hydrogen-bond donors (Lipinski definition) is 1. The van der Waals surface area contributed by atoms with Gasteiger partial charge in [-0.3, -0.25) is 4.90 Å². The number of rotatable bonds is 1. The van der Waals surface area contributed by atoms with Crippen molar-refractivity contribution in [3.05, 3.63) is 21.9 Å². The van der Waals surface area contributed by atoms with Crippen LogP contribution in [-0.4, -0.2) is 30.6 Å². The number of piperidine rings is 1. The number of nitrogens with one attached hydrogen (secondary N) is 1. The highest BCUT2D eigenvalue weighted by Crippen LogP contribution is 2.40. The molecule has 1 N–H and O–H groups in total. The van der Waals surface area contributed by atoms with Crippen molar-refractivity contribution >= 4 is 11.3 Å². The van der Waals surface area contributed by atoms with E-state index in [-0.39, 0.29) is 0 Å². The smallest absolute Gasteiger partial charge is 0.0360 e. The second kappa shape index (κ2) is 4.62. The molecular weight excluding hydrogens is 240 g/mol. The standard InChI is InChI=1S/C15H22N2S/c1-4-14(12-6-8-18-15(12)5-1)17-9-11-3-2-7-16-13(11)10-17/h6,8,11,13-14,16H,1-5,7,9-10H2. The normalized spacial score (nSPS) is 36.3. The van der Waals surface area contributed by atoms with E-state index < -0.39 is 0 Å². The number of aryl methyl sites for hydroxylation is 1. The number of thiophene rings is 1. The lowest BCUT2D eigenvalue weighted by molar-refractivity contribution is 0.213. The molecule has 2 fully saturated rings. The minimum absolute atomic E-state index is 0.729. The number of nitrogens with zero attached hydrogens (tertiary/aromatic N) is 1. The van der Waals surface area contributed by atoms with E-state index in [9.17, 15) is 0 Å². The van der Waals surface area contributed by atoms with Gasteiger partial charge >= 0.3 is 0 Å². The molecule has 0 radical (unpaired) electrons. The van der Waals surface area contributed by atoms with E-state index in [0.717, 1.165) is 18.0 Å². The molecule has 1 aliphatic carbocycles. The first-order valence-corrected chi connectivity index (χ1v) is 8.33. The maximum Gasteiger partial charge on any atom is 0.0360 e. The lowest BCUT2D eigenvalue weighted by Gasteiger charge is -2.31. The van der Waals surface area contributed by atoms with Gasteiger partial charge in [0.15, 0.2) is 0 Å².